The third-order valence-corrected chi connectivity index (χ3v) is 19.2. The van der Waals surface area contributed by atoms with E-state index < -0.39 is 17.2 Å². The van der Waals surface area contributed by atoms with Crippen LogP contribution < -0.4 is 13.6 Å². The summed E-state index contributed by atoms with van der Waals surface area (Å²) in [7, 11) is 1.39. The Bertz CT molecular complexity index is 3040. The van der Waals surface area contributed by atoms with Gasteiger partial charge in [-0.05, 0) is 144 Å². The minimum Gasteiger partial charge on any atom is -0.469 e. The molecule has 0 heterocycles. The van der Waals surface area contributed by atoms with Gasteiger partial charge in [-0.3, -0.25) is 28.2 Å². The Kier molecular flexibility index (Phi) is 30.2. The first-order valence-electron chi connectivity index (χ1n) is 34.1. The van der Waals surface area contributed by atoms with E-state index in [9.17, 15) is 19.2 Å². The van der Waals surface area contributed by atoms with E-state index in [-0.39, 0.29) is 138 Å². The summed E-state index contributed by atoms with van der Waals surface area (Å²) in [6.07, 6.45) is 7.60. The van der Waals surface area contributed by atoms with Gasteiger partial charge in [0, 0.05) is 42.4 Å². The summed E-state index contributed by atoms with van der Waals surface area (Å²) >= 11 is 0. The number of carbonyl (C=O) groups excluding carboxylic acids is 4. The Morgan fingerprint density at radius 2 is 0.646 bits per heavy atom. The van der Waals surface area contributed by atoms with Crippen molar-refractivity contribution in [3.8, 4) is 17.2 Å². The van der Waals surface area contributed by atoms with Crippen LogP contribution in [0.1, 0.15) is 248 Å². The molecule has 3 aromatic carbocycles. The first-order chi connectivity index (χ1) is 44.1. The highest BCUT2D eigenvalue weighted by molar-refractivity contribution is 7.42. The number of aryl methyl sites for hydroxylation is 3. The Labute approximate surface area is 581 Å². The number of methoxy groups -OCH3 is 4. The monoisotopic (exact) mass is 1380 g/mol. The lowest BCUT2D eigenvalue weighted by Gasteiger charge is -2.40. The van der Waals surface area contributed by atoms with Crippen LogP contribution >= 0.6 is 17.2 Å². The number of benzene rings is 3. The standard InChI is InChI=1S/C78H122O16P2/c1-71(2,3)55-47-63(59(75(13,14)15)43-51(55)29-33-67(79)83-25)91-95(92-64-48-56(72(4,5)6)52(30-34-68(80)84-26)44-60(64)76(16,17)18)89-41-39-87-37-38-88-40-42-90-96(93-65-49-57(73(7,8)9)53(31-35-69(81)85-27)45-61(65)77(19,20)21)94-66-50-58(74(10,11)12)54(32-36-70(82)86-28)46-62(66)78(22,23)24/h43-51,55H,29-42H2,1-28H3. The Morgan fingerprint density at radius 3 is 0.927 bits per heavy atom. The minimum absolute atomic E-state index is 0.00556. The van der Waals surface area contributed by atoms with Gasteiger partial charge in [-0.15, -0.1) is 0 Å². The van der Waals surface area contributed by atoms with Crippen molar-refractivity contribution < 1.29 is 74.7 Å². The molecule has 18 heteroatoms. The molecule has 0 N–H and O–H groups in total. The van der Waals surface area contributed by atoms with Crippen LogP contribution in [0.4, 0.5) is 0 Å². The molecule has 0 aromatic heterocycles. The third-order valence-electron chi connectivity index (χ3n) is 17.0. The van der Waals surface area contributed by atoms with Gasteiger partial charge in [-0.1, -0.05) is 190 Å². The second-order valence-corrected chi connectivity index (χ2v) is 35.6. The Balaban J connectivity index is 1.68. The Hall–Kier alpha value is -5.08. The molecule has 0 spiro atoms. The second kappa shape index (κ2) is 34.8. The fourth-order valence-corrected chi connectivity index (χ4v) is 13.7. The van der Waals surface area contributed by atoms with Crippen molar-refractivity contribution in [2.45, 2.75) is 250 Å². The lowest BCUT2D eigenvalue weighted by molar-refractivity contribution is -0.141. The van der Waals surface area contributed by atoms with E-state index in [2.05, 4.69) is 215 Å². The molecule has 1 aliphatic carbocycles. The fraction of sp³-hybridized carbons (Fsp3) is 0.667. The average molecular weight is 1380 g/mol. The summed E-state index contributed by atoms with van der Waals surface area (Å²) < 4.78 is 74.3. The first-order valence-corrected chi connectivity index (χ1v) is 36.3. The van der Waals surface area contributed by atoms with Crippen LogP contribution in [0.15, 0.2) is 59.9 Å². The van der Waals surface area contributed by atoms with Crippen LogP contribution in [0.5, 0.6) is 17.2 Å². The number of allylic oxidation sites excluding steroid dienone is 3. The third kappa shape index (κ3) is 25.6. The highest BCUT2D eigenvalue weighted by Gasteiger charge is 2.40. The molecule has 0 saturated carbocycles. The SMILES string of the molecule is COC(=O)CCc1cc(C(C)(C)C)c(OP(OCCOCCOCCOP(Oc2cc(C(C)(C)C)c(CCC(=O)OC)cc2C(C)(C)C)Oc2cc(C(C)(C)C)c(CCC(=O)OC)cc2C(C)(C)C)OC2=CC(C(C)(C)C)C(CCC(=O)OC)C=C2C(C)(C)C)cc1C(C)(C)C. The minimum atomic E-state index is -2.15. The molecule has 3 atom stereocenters. The van der Waals surface area contributed by atoms with E-state index in [1.54, 1.807) is 0 Å². The molecule has 0 radical (unpaired) electrons. The smallest absolute Gasteiger partial charge is 0.463 e. The van der Waals surface area contributed by atoms with Crippen LogP contribution in [0.2, 0.25) is 0 Å². The van der Waals surface area contributed by atoms with Gasteiger partial charge in [0.05, 0.1) is 68.1 Å². The predicted octanol–water partition coefficient (Wildman–Crippen LogP) is 19.0. The zero-order valence-corrected chi connectivity index (χ0v) is 65.9. The fourth-order valence-electron chi connectivity index (χ4n) is 11.7. The van der Waals surface area contributed by atoms with Crippen LogP contribution in [0.25, 0.3) is 0 Å². The zero-order valence-electron chi connectivity index (χ0n) is 64.1. The van der Waals surface area contributed by atoms with E-state index in [4.69, 9.17) is 55.6 Å². The van der Waals surface area contributed by atoms with E-state index >= 15 is 0 Å². The van der Waals surface area contributed by atoms with E-state index in [0.717, 1.165) is 55.6 Å². The molecule has 0 saturated heterocycles. The van der Waals surface area contributed by atoms with Gasteiger partial charge in [0.15, 0.2) is 0 Å². The molecule has 0 aliphatic heterocycles. The van der Waals surface area contributed by atoms with Crippen LogP contribution in [0.3, 0.4) is 0 Å². The predicted molar refractivity (Wildman–Crippen MR) is 386 cm³/mol. The maximum absolute atomic E-state index is 12.5. The number of ether oxygens (including phenoxy) is 6. The van der Waals surface area contributed by atoms with Crippen molar-refractivity contribution in [1.29, 1.82) is 0 Å². The van der Waals surface area contributed by atoms with Crippen LogP contribution in [0, 0.1) is 22.7 Å². The number of hydrogen-bond acceptors (Lipinski definition) is 16. The summed E-state index contributed by atoms with van der Waals surface area (Å²) in [6.45, 7) is 52.8. The van der Waals surface area contributed by atoms with Gasteiger partial charge in [0.25, 0.3) is 0 Å². The first kappa shape index (κ1) is 83.3. The Morgan fingerprint density at radius 1 is 0.354 bits per heavy atom. The molecule has 3 unspecified atom stereocenters. The molecular weight excluding hydrogens is 1250 g/mol. The number of esters is 4. The molecule has 1 aliphatic rings. The quantitative estimate of drug-likeness (QED) is 0.0257. The number of hydrogen-bond donors (Lipinski definition) is 0. The van der Waals surface area contributed by atoms with Crippen LogP contribution in [-0.2, 0) is 113 Å². The van der Waals surface area contributed by atoms with Gasteiger partial charge >= 0.3 is 41.1 Å². The van der Waals surface area contributed by atoms with E-state index in [0.29, 0.717) is 55.1 Å². The highest BCUT2D eigenvalue weighted by atomic mass is 31.2. The summed E-state index contributed by atoms with van der Waals surface area (Å²) in [5.74, 6) is 1.51. The average Bonchev–Trinajstić information content (AvgIpc) is 0.795. The maximum Gasteiger partial charge on any atom is 0.463 e. The maximum atomic E-state index is 12.5. The summed E-state index contributed by atoms with van der Waals surface area (Å²) in [4.78, 5) is 50.1. The highest BCUT2D eigenvalue weighted by Crippen LogP contribution is 2.54. The molecule has 16 nitrogen and oxygen atoms in total. The topological polar surface area (TPSA) is 179 Å². The van der Waals surface area contributed by atoms with Crippen molar-refractivity contribution in [3.63, 3.8) is 0 Å². The molecule has 0 fully saturated rings. The summed E-state index contributed by atoms with van der Waals surface area (Å²) in [5.41, 5.74) is 7.37. The largest absolute Gasteiger partial charge is 0.469 e. The van der Waals surface area contributed by atoms with E-state index in [1.165, 1.54) is 28.4 Å². The normalized spacial score (nSPS) is 15.6. The zero-order chi connectivity index (χ0) is 72.7. The lowest BCUT2D eigenvalue weighted by Crippen LogP contribution is -2.31. The lowest BCUT2D eigenvalue weighted by atomic mass is 9.66. The number of carbonyl (C=O) groups is 4. The molecule has 4 rings (SSSR count). The molecule has 96 heavy (non-hydrogen) atoms. The van der Waals surface area contributed by atoms with Crippen molar-refractivity contribution in [3.05, 3.63) is 110 Å². The second-order valence-electron chi connectivity index (χ2n) is 33.5. The molecule has 3 aromatic rings. The van der Waals surface area contributed by atoms with Crippen molar-refractivity contribution in [2.75, 3.05) is 68.1 Å². The van der Waals surface area contributed by atoms with Crippen molar-refractivity contribution in [1.82, 2.24) is 0 Å². The van der Waals surface area contributed by atoms with Gasteiger partial charge in [0.2, 0.25) is 0 Å². The molecule has 0 amide bonds. The number of rotatable bonds is 31. The van der Waals surface area contributed by atoms with Crippen molar-refractivity contribution >= 4 is 41.1 Å². The van der Waals surface area contributed by atoms with Gasteiger partial charge in [-0.2, -0.15) is 0 Å². The summed E-state index contributed by atoms with van der Waals surface area (Å²) in [5, 5.41) is 0. The molecule has 0 bridgehead atoms. The molecular formula is C78H122O16P2. The summed E-state index contributed by atoms with van der Waals surface area (Å²) in [6, 6.07) is 12.7. The van der Waals surface area contributed by atoms with E-state index in [1.807, 2.05) is 0 Å². The van der Waals surface area contributed by atoms with Gasteiger partial charge in [0.1, 0.15) is 23.0 Å². The van der Waals surface area contributed by atoms with Gasteiger partial charge in [-0.25, -0.2) is 0 Å². The van der Waals surface area contributed by atoms with Gasteiger partial charge < -0.3 is 46.5 Å². The van der Waals surface area contributed by atoms with Crippen molar-refractivity contribution in [2.24, 2.45) is 22.7 Å². The van der Waals surface area contributed by atoms with Crippen LogP contribution in [-0.4, -0.2) is 92.0 Å². The molecule has 540 valence electrons.